The average molecular weight is 352 g/mol. The third-order valence-corrected chi connectivity index (χ3v) is 3.31. The van der Waals surface area contributed by atoms with Crippen LogP contribution in [-0.2, 0) is 6.61 Å². The molecule has 0 saturated carbocycles. The predicted molar refractivity (Wildman–Crippen MR) is 80.9 cm³/mol. The van der Waals surface area contributed by atoms with Crippen molar-refractivity contribution in [2.75, 3.05) is 7.11 Å². The van der Waals surface area contributed by atoms with E-state index in [0.29, 0.717) is 17.2 Å². The second-order valence-corrected chi connectivity index (χ2v) is 4.90. The molecule has 0 unspecified atom stereocenters. The first-order chi connectivity index (χ1) is 10.2. The number of para-hydroxylation sites is 1. The van der Waals surface area contributed by atoms with Gasteiger partial charge in [-0.2, -0.15) is 0 Å². The van der Waals surface area contributed by atoms with Crippen LogP contribution in [0.15, 0.2) is 40.9 Å². The SMILES string of the molecule is COc1cccc(Br)c1OCc1cccc(C(=O)NN)n1. The molecule has 0 bridgehead atoms. The van der Waals surface area contributed by atoms with Gasteiger partial charge in [0.15, 0.2) is 11.5 Å². The number of hydrogen-bond donors (Lipinski definition) is 2. The number of nitrogens with two attached hydrogens (primary N) is 1. The summed E-state index contributed by atoms with van der Waals surface area (Å²) < 4.78 is 11.7. The number of pyridine rings is 1. The first-order valence-electron chi connectivity index (χ1n) is 6.08. The molecular formula is C14H14BrN3O3. The van der Waals surface area contributed by atoms with Crippen LogP contribution in [0.5, 0.6) is 11.5 Å². The minimum atomic E-state index is -0.449. The largest absolute Gasteiger partial charge is 0.493 e. The summed E-state index contributed by atoms with van der Waals surface area (Å²) in [5.41, 5.74) is 2.88. The molecule has 2 rings (SSSR count). The van der Waals surface area contributed by atoms with Crippen LogP contribution in [0, 0.1) is 0 Å². The fourth-order valence-electron chi connectivity index (χ4n) is 1.70. The van der Waals surface area contributed by atoms with Gasteiger partial charge in [0.05, 0.1) is 17.3 Å². The molecule has 0 aliphatic rings. The molecule has 21 heavy (non-hydrogen) atoms. The van der Waals surface area contributed by atoms with Crippen molar-refractivity contribution in [1.82, 2.24) is 10.4 Å². The highest BCUT2D eigenvalue weighted by Gasteiger charge is 2.10. The molecule has 2 aromatic rings. The molecule has 0 spiro atoms. The van der Waals surface area contributed by atoms with Gasteiger partial charge in [0, 0.05) is 0 Å². The molecule has 1 amide bonds. The summed E-state index contributed by atoms with van der Waals surface area (Å²) in [7, 11) is 1.57. The van der Waals surface area contributed by atoms with Crippen molar-refractivity contribution in [1.29, 1.82) is 0 Å². The Morgan fingerprint density at radius 2 is 2.10 bits per heavy atom. The number of nitrogens with zero attached hydrogens (tertiary/aromatic N) is 1. The lowest BCUT2D eigenvalue weighted by atomic mass is 10.3. The minimum absolute atomic E-state index is 0.199. The molecule has 1 aromatic carbocycles. The number of benzene rings is 1. The van der Waals surface area contributed by atoms with E-state index >= 15 is 0 Å². The molecule has 0 fully saturated rings. The Morgan fingerprint density at radius 3 is 2.81 bits per heavy atom. The van der Waals surface area contributed by atoms with Crippen molar-refractivity contribution < 1.29 is 14.3 Å². The Kier molecular flexibility index (Phi) is 5.13. The standard InChI is InChI=1S/C14H14BrN3O3/c1-20-12-7-3-5-10(15)13(12)21-8-9-4-2-6-11(17-9)14(19)18-16/h2-7H,8,16H2,1H3,(H,18,19). The van der Waals surface area contributed by atoms with Gasteiger partial charge in [-0.15, -0.1) is 0 Å². The Labute approximate surface area is 130 Å². The van der Waals surface area contributed by atoms with Gasteiger partial charge >= 0.3 is 0 Å². The van der Waals surface area contributed by atoms with E-state index < -0.39 is 5.91 Å². The van der Waals surface area contributed by atoms with Crippen molar-refractivity contribution >= 4 is 21.8 Å². The second-order valence-electron chi connectivity index (χ2n) is 4.05. The molecule has 0 aliphatic heterocycles. The minimum Gasteiger partial charge on any atom is -0.493 e. The van der Waals surface area contributed by atoms with Gasteiger partial charge in [0.1, 0.15) is 12.3 Å². The van der Waals surface area contributed by atoms with Gasteiger partial charge in [-0.25, -0.2) is 10.8 Å². The van der Waals surface area contributed by atoms with E-state index in [1.807, 2.05) is 17.6 Å². The molecule has 0 aliphatic carbocycles. The van der Waals surface area contributed by atoms with Crippen LogP contribution in [0.1, 0.15) is 16.2 Å². The van der Waals surface area contributed by atoms with E-state index in [0.717, 1.165) is 4.47 Å². The summed E-state index contributed by atoms with van der Waals surface area (Å²) in [5, 5.41) is 0. The van der Waals surface area contributed by atoms with E-state index in [1.54, 1.807) is 31.4 Å². The quantitative estimate of drug-likeness (QED) is 0.489. The Bertz CT molecular complexity index is 649. The van der Waals surface area contributed by atoms with Crippen LogP contribution in [0.4, 0.5) is 0 Å². The fraction of sp³-hybridized carbons (Fsp3) is 0.143. The number of amides is 1. The molecule has 7 heteroatoms. The average Bonchev–Trinajstić information content (AvgIpc) is 2.53. The summed E-state index contributed by atoms with van der Waals surface area (Å²) >= 11 is 3.40. The van der Waals surface area contributed by atoms with Gasteiger partial charge in [0.2, 0.25) is 0 Å². The maximum Gasteiger partial charge on any atom is 0.283 e. The molecule has 1 aromatic heterocycles. The number of carbonyl (C=O) groups excluding carboxylic acids is 1. The number of hydrazine groups is 1. The zero-order valence-electron chi connectivity index (χ0n) is 11.3. The van der Waals surface area contributed by atoms with E-state index in [2.05, 4.69) is 20.9 Å². The van der Waals surface area contributed by atoms with Crippen LogP contribution in [-0.4, -0.2) is 18.0 Å². The number of hydrogen-bond acceptors (Lipinski definition) is 5. The number of ether oxygens (including phenoxy) is 2. The van der Waals surface area contributed by atoms with E-state index in [1.165, 1.54) is 0 Å². The number of nitrogens with one attached hydrogen (secondary N) is 1. The third kappa shape index (κ3) is 3.71. The van der Waals surface area contributed by atoms with Gasteiger partial charge < -0.3 is 9.47 Å². The van der Waals surface area contributed by atoms with Crippen molar-refractivity contribution in [3.8, 4) is 11.5 Å². The van der Waals surface area contributed by atoms with Crippen LogP contribution < -0.4 is 20.7 Å². The summed E-state index contributed by atoms with van der Waals surface area (Å²) in [6.07, 6.45) is 0. The number of methoxy groups -OCH3 is 1. The number of nitrogen functional groups attached to an aromatic ring is 1. The Morgan fingerprint density at radius 1 is 1.33 bits per heavy atom. The molecule has 110 valence electrons. The molecule has 0 radical (unpaired) electrons. The fourth-order valence-corrected chi connectivity index (χ4v) is 2.16. The Hall–Kier alpha value is -2.12. The van der Waals surface area contributed by atoms with Crippen LogP contribution in [0.25, 0.3) is 0 Å². The smallest absolute Gasteiger partial charge is 0.283 e. The van der Waals surface area contributed by atoms with Gasteiger partial charge in [-0.1, -0.05) is 12.1 Å². The lowest BCUT2D eigenvalue weighted by molar-refractivity contribution is 0.0948. The van der Waals surface area contributed by atoms with E-state index in [4.69, 9.17) is 15.3 Å². The molecule has 1 heterocycles. The maximum absolute atomic E-state index is 11.4. The van der Waals surface area contributed by atoms with Crippen LogP contribution in [0.3, 0.4) is 0 Å². The molecular weight excluding hydrogens is 338 g/mol. The highest BCUT2D eigenvalue weighted by Crippen LogP contribution is 2.35. The summed E-state index contributed by atoms with van der Waals surface area (Å²) in [4.78, 5) is 15.6. The van der Waals surface area contributed by atoms with Crippen molar-refractivity contribution in [3.63, 3.8) is 0 Å². The van der Waals surface area contributed by atoms with Crippen LogP contribution in [0.2, 0.25) is 0 Å². The van der Waals surface area contributed by atoms with Gasteiger partial charge in [0.25, 0.3) is 5.91 Å². The summed E-state index contributed by atoms with van der Waals surface area (Å²) in [6, 6.07) is 10.5. The number of carbonyl (C=O) groups is 1. The van der Waals surface area contributed by atoms with Crippen molar-refractivity contribution in [2.45, 2.75) is 6.61 Å². The lowest BCUT2D eigenvalue weighted by Crippen LogP contribution is -2.30. The normalized spacial score (nSPS) is 10.0. The first kappa shape index (κ1) is 15.3. The monoisotopic (exact) mass is 351 g/mol. The molecule has 3 N–H and O–H groups in total. The van der Waals surface area contributed by atoms with Crippen molar-refractivity contribution in [3.05, 3.63) is 52.3 Å². The first-order valence-corrected chi connectivity index (χ1v) is 6.87. The molecule has 0 atom stereocenters. The number of rotatable bonds is 5. The zero-order chi connectivity index (χ0) is 15.2. The summed E-state index contributed by atoms with van der Waals surface area (Å²) in [5.74, 6) is 5.83. The van der Waals surface area contributed by atoms with Gasteiger partial charge in [-0.05, 0) is 40.2 Å². The molecule has 0 saturated heterocycles. The highest BCUT2D eigenvalue weighted by atomic mass is 79.9. The predicted octanol–water partition coefficient (Wildman–Crippen LogP) is 2.04. The number of halogens is 1. The van der Waals surface area contributed by atoms with Crippen LogP contribution >= 0.6 is 15.9 Å². The number of aromatic nitrogens is 1. The maximum atomic E-state index is 11.4. The van der Waals surface area contributed by atoms with E-state index in [-0.39, 0.29) is 12.3 Å². The second kappa shape index (κ2) is 7.05. The Balaban J connectivity index is 2.15. The third-order valence-electron chi connectivity index (χ3n) is 2.69. The topological polar surface area (TPSA) is 86.5 Å². The van der Waals surface area contributed by atoms with Gasteiger partial charge in [-0.3, -0.25) is 10.2 Å². The highest BCUT2D eigenvalue weighted by molar-refractivity contribution is 9.10. The summed E-state index contributed by atoms with van der Waals surface area (Å²) in [6.45, 7) is 0.199. The van der Waals surface area contributed by atoms with E-state index in [9.17, 15) is 4.79 Å². The zero-order valence-corrected chi connectivity index (χ0v) is 12.9. The lowest BCUT2D eigenvalue weighted by Gasteiger charge is -2.12. The van der Waals surface area contributed by atoms with Crippen molar-refractivity contribution in [2.24, 2.45) is 5.84 Å². The molecule has 6 nitrogen and oxygen atoms in total.